The molecule has 2 aliphatic heterocycles. The number of hydrogen-bond acceptors (Lipinski definition) is 5. The number of carbonyl (C=O) groups is 2. The van der Waals surface area contributed by atoms with Crippen molar-refractivity contribution in [3.05, 3.63) is 22.3 Å². The first kappa shape index (κ1) is 18.2. The van der Waals surface area contributed by atoms with Crippen molar-refractivity contribution < 1.29 is 14.7 Å². The van der Waals surface area contributed by atoms with Gasteiger partial charge in [0.05, 0.1) is 16.6 Å². The second kappa shape index (κ2) is 7.76. The molecule has 1 amide bonds. The van der Waals surface area contributed by atoms with Crippen molar-refractivity contribution in [1.29, 1.82) is 0 Å². The van der Waals surface area contributed by atoms with Crippen molar-refractivity contribution >= 4 is 40.9 Å². The highest BCUT2D eigenvalue weighted by Gasteiger charge is 2.33. The number of anilines is 1. The smallest absolute Gasteiger partial charge is 0.320 e. The summed E-state index contributed by atoms with van der Waals surface area (Å²) < 4.78 is 0. The monoisotopic (exact) mass is 386 g/mol. The molecule has 1 N–H and O–H groups in total. The average molecular weight is 387 g/mol. The van der Waals surface area contributed by atoms with E-state index in [4.69, 9.17) is 23.2 Å². The van der Waals surface area contributed by atoms with E-state index in [1.807, 2.05) is 4.90 Å². The molecule has 2 saturated heterocycles. The lowest BCUT2D eigenvalue weighted by atomic mass is 10.2. The Kier molecular flexibility index (Phi) is 5.66. The summed E-state index contributed by atoms with van der Waals surface area (Å²) in [5, 5.41) is 10.2. The molecule has 3 heterocycles. The highest BCUT2D eigenvalue weighted by atomic mass is 35.5. The van der Waals surface area contributed by atoms with Gasteiger partial charge in [0, 0.05) is 32.4 Å². The van der Waals surface area contributed by atoms with Gasteiger partial charge >= 0.3 is 5.97 Å². The summed E-state index contributed by atoms with van der Waals surface area (Å²) in [6, 6.07) is 1.12. The Labute approximate surface area is 156 Å². The second-order valence-electron chi connectivity index (χ2n) is 6.29. The second-order valence-corrected chi connectivity index (χ2v) is 7.14. The van der Waals surface area contributed by atoms with Crippen LogP contribution in [0.3, 0.4) is 0 Å². The maximum Gasteiger partial charge on any atom is 0.320 e. The van der Waals surface area contributed by atoms with Crippen LogP contribution < -0.4 is 4.90 Å². The van der Waals surface area contributed by atoms with Crippen LogP contribution in [-0.2, 0) is 9.59 Å². The van der Waals surface area contributed by atoms with Crippen LogP contribution in [0.25, 0.3) is 0 Å². The molecule has 0 aromatic carbocycles. The van der Waals surface area contributed by atoms with Crippen molar-refractivity contribution in [2.75, 3.05) is 44.2 Å². The molecule has 1 atom stereocenters. The van der Waals surface area contributed by atoms with E-state index in [1.54, 1.807) is 22.1 Å². The van der Waals surface area contributed by atoms with Gasteiger partial charge in [-0.1, -0.05) is 23.2 Å². The highest BCUT2D eigenvalue weighted by molar-refractivity contribution is 6.36. The number of aromatic nitrogens is 1. The van der Waals surface area contributed by atoms with E-state index in [-0.39, 0.29) is 12.5 Å². The number of rotatable bonds is 4. The Balaban J connectivity index is 1.55. The van der Waals surface area contributed by atoms with Gasteiger partial charge in [0.15, 0.2) is 0 Å². The van der Waals surface area contributed by atoms with Crippen LogP contribution in [0, 0.1) is 0 Å². The number of piperazine rings is 1. The fourth-order valence-electron chi connectivity index (χ4n) is 3.38. The first-order valence-electron chi connectivity index (χ1n) is 8.26. The minimum Gasteiger partial charge on any atom is -0.480 e. The Morgan fingerprint density at radius 3 is 2.56 bits per heavy atom. The van der Waals surface area contributed by atoms with E-state index < -0.39 is 12.0 Å². The van der Waals surface area contributed by atoms with Crippen molar-refractivity contribution in [3.8, 4) is 0 Å². The van der Waals surface area contributed by atoms with E-state index in [1.165, 1.54) is 0 Å². The van der Waals surface area contributed by atoms with Crippen molar-refractivity contribution in [3.63, 3.8) is 0 Å². The lowest BCUT2D eigenvalue weighted by molar-refractivity contribution is -0.143. The van der Waals surface area contributed by atoms with Gasteiger partial charge in [0.1, 0.15) is 11.9 Å². The minimum absolute atomic E-state index is 0.0250. The Morgan fingerprint density at radius 2 is 1.92 bits per heavy atom. The van der Waals surface area contributed by atoms with Crippen LogP contribution in [0.5, 0.6) is 0 Å². The van der Waals surface area contributed by atoms with Gasteiger partial charge in [-0.2, -0.15) is 0 Å². The number of carboxylic acid groups (broad SMARTS) is 1. The number of hydrogen-bond donors (Lipinski definition) is 1. The number of amides is 1. The van der Waals surface area contributed by atoms with Gasteiger partial charge in [0.2, 0.25) is 5.91 Å². The molecule has 7 nitrogen and oxygen atoms in total. The number of halogens is 2. The maximum atomic E-state index is 12.5. The molecule has 1 aromatic heterocycles. The SMILES string of the molecule is O=C(O)C1CCCN1CC(=O)N1CCN(c2ncc(Cl)cc2Cl)CC1. The largest absolute Gasteiger partial charge is 0.480 e. The van der Waals surface area contributed by atoms with E-state index in [0.29, 0.717) is 55.0 Å². The maximum absolute atomic E-state index is 12.5. The fourth-order valence-corrected chi connectivity index (χ4v) is 3.88. The summed E-state index contributed by atoms with van der Waals surface area (Å²) in [5.74, 6) is -0.204. The van der Waals surface area contributed by atoms with Crippen LogP contribution >= 0.6 is 23.2 Å². The number of pyridine rings is 1. The first-order valence-corrected chi connectivity index (χ1v) is 9.02. The number of likely N-dealkylation sites (tertiary alicyclic amines) is 1. The van der Waals surface area contributed by atoms with Crippen molar-refractivity contribution in [1.82, 2.24) is 14.8 Å². The van der Waals surface area contributed by atoms with Crippen LogP contribution in [0.2, 0.25) is 10.0 Å². The molecule has 0 bridgehead atoms. The quantitative estimate of drug-likeness (QED) is 0.846. The summed E-state index contributed by atoms with van der Waals surface area (Å²) in [5.41, 5.74) is 0. The third-order valence-electron chi connectivity index (χ3n) is 4.71. The number of carbonyl (C=O) groups excluding carboxylic acids is 1. The summed E-state index contributed by atoms with van der Waals surface area (Å²) in [7, 11) is 0. The Morgan fingerprint density at radius 1 is 1.20 bits per heavy atom. The summed E-state index contributed by atoms with van der Waals surface area (Å²) in [6.07, 6.45) is 2.98. The third-order valence-corrected chi connectivity index (χ3v) is 5.19. The van der Waals surface area contributed by atoms with Crippen LogP contribution in [0.1, 0.15) is 12.8 Å². The third kappa shape index (κ3) is 4.16. The molecule has 0 saturated carbocycles. The van der Waals surface area contributed by atoms with Gasteiger partial charge in [0.25, 0.3) is 0 Å². The predicted molar refractivity (Wildman–Crippen MR) is 95.3 cm³/mol. The summed E-state index contributed by atoms with van der Waals surface area (Å²) in [4.78, 5) is 33.5. The molecule has 2 fully saturated rings. The lowest BCUT2D eigenvalue weighted by Gasteiger charge is -2.36. The minimum atomic E-state index is -0.849. The van der Waals surface area contributed by atoms with E-state index in [2.05, 4.69) is 4.98 Å². The van der Waals surface area contributed by atoms with E-state index in [9.17, 15) is 14.7 Å². The standard InChI is InChI=1S/C16H20Cl2N4O3/c17-11-8-12(18)15(19-9-11)21-6-4-20(5-7-21)14(23)10-22-3-1-2-13(22)16(24)25/h8-9,13H,1-7,10H2,(H,24,25). The molecule has 9 heteroatoms. The fraction of sp³-hybridized carbons (Fsp3) is 0.562. The summed E-state index contributed by atoms with van der Waals surface area (Å²) >= 11 is 12.1. The molecule has 1 aromatic rings. The topological polar surface area (TPSA) is 77.0 Å². The molecule has 0 aliphatic carbocycles. The molecule has 0 spiro atoms. The number of carboxylic acids is 1. The van der Waals surface area contributed by atoms with Gasteiger partial charge in [-0.15, -0.1) is 0 Å². The molecular formula is C16H20Cl2N4O3. The van der Waals surface area contributed by atoms with Crippen LogP contribution in [0.4, 0.5) is 5.82 Å². The van der Waals surface area contributed by atoms with Crippen molar-refractivity contribution in [2.24, 2.45) is 0 Å². The van der Waals surface area contributed by atoms with Gasteiger partial charge in [-0.25, -0.2) is 4.98 Å². The zero-order chi connectivity index (χ0) is 18.0. The molecule has 0 radical (unpaired) electrons. The highest BCUT2D eigenvalue weighted by Crippen LogP contribution is 2.27. The number of nitrogens with zero attached hydrogens (tertiary/aromatic N) is 4. The zero-order valence-electron chi connectivity index (χ0n) is 13.7. The van der Waals surface area contributed by atoms with E-state index >= 15 is 0 Å². The van der Waals surface area contributed by atoms with Crippen LogP contribution in [0.15, 0.2) is 12.3 Å². The molecule has 2 aliphatic rings. The molecule has 136 valence electrons. The normalized spacial score (nSPS) is 21.6. The molecule has 25 heavy (non-hydrogen) atoms. The molecule has 3 rings (SSSR count). The predicted octanol–water partition coefficient (Wildman–Crippen LogP) is 1.59. The van der Waals surface area contributed by atoms with E-state index in [0.717, 1.165) is 6.42 Å². The van der Waals surface area contributed by atoms with Gasteiger partial charge in [-0.3, -0.25) is 14.5 Å². The van der Waals surface area contributed by atoms with Crippen LogP contribution in [-0.4, -0.2) is 77.1 Å². The molecular weight excluding hydrogens is 367 g/mol. The average Bonchev–Trinajstić information content (AvgIpc) is 3.03. The Bertz CT molecular complexity index is 665. The number of aliphatic carboxylic acids is 1. The van der Waals surface area contributed by atoms with Gasteiger partial charge in [-0.05, 0) is 25.5 Å². The lowest BCUT2D eigenvalue weighted by Crippen LogP contribution is -2.52. The summed E-state index contributed by atoms with van der Waals surface area (Å²) in [6.45, 7) is 3.20. The van der Waals surface area contributed by atoms with Crippen molar-refractivity contribution in [2.45, 2.75) is 18.9 Å². The van der Waals surface area contributed by atoms with Gasteiger partial charge < -0.3 is 14.9 Å². The first-order chi connectivity index (χ1) is 12.0. The molecule has 1 unspecified atom stereocenters. The Hall–Kier alpha value is -1.57. The zero-order valence-corrected chi connectivity index (χ0v) is 15.2.